The van der Waals surface area contributed by atoms with Gasteiger partial charge in [0.15, 0.2) is 0 Å². The molecule has 0 aliphatic heterocycles. The number of benzene rings is 3. The average molecular weight is 556 g/mol. The largest absolute Gasteiger partial charge is 0.492 e. The second-order valence-electron chi connectivity index (χ2n) is 8.84. The fourth-order valence-corrected chi connectivity index (χ4v) is 5.38. The highest BCUT2D eigenvalue weighted by Crippen LogP contribution is 2.32. The Balaban J connectivity index is 2.05. The van der Waals surface area contributed by atoms with Crippen LogP contribution in [-0.2, 0) is 26.2 Å². The number of para-hydroxylation sites is 2. The highest BCUT2D eigenvalue weighted by molar-refractivity contribution is 7.92. The number of nitrogens with zero attached hydrogens (tertiary/aromatic N) is 2. The number of halogens is 1. The van der Waals surface area contributed by atoms with Gasteiger partial charge in [0.05, 0.1) is 17.2 Å². The molecule has 0 bridgehead atoms. The third kappa shape index (κ3) is 7.57. The molecule has 2 amide bonds. The Morgan fingerprint density at radius 3 is 2.23 bits per heavy atom. The van der Waals surface area contributed by atoms with Crippen molar-refractivity contribution in [1.29, 1.82) is 0 Å². The SMILES string of the molecule is CCCNC(=O)[C@H](C)N(Cc1ccc(F)cc1)C(=O)CN(c1ccccc1OCC)S(=O)(=O)c1ccccc1. The minimum Gasteiger partial charge on any atom is -0.492 e. The molecule has 3 aromatic rings. The molecule has 0 radical (unpaired) electrons. The quantitative estimate of drug-likeness (QED) is 0.338. The zero-order valence-electron chi connectivity index (χ0n) is 22.3. The zero-order chi connectivity index (χ0) is 28.4. The number of carbonyl (C=O) groups excluding carboxylic acids is 2. The first kappa shape index (κ1) is 29.6. The van der Waals surface area contributed by atoms with Crippen LogP contribution in [0.2, 0.25) is 0 Å². The van der Waals surface area contributed by atoms with Crippen LogP contribution in [0.5, 0.6) is 5.75 Å². The van der Waals surface area contributed by atoms with Crippen molar-refractivity contribution in [1.82, 2.24) is 10.2 Å². The van der Waals surface area contributed by atoms with Gasteiger partial charge in [0.1, 0.15) is 24.2 Å². The van der Waals surface area contributed by atoms with Crippen LogP contribution < -0.4 is 14.4 Å². The van der Waals surface area contributed by atoms with Gasteiger partial charge < -0.3 is 15.0 Å². The second-order valence-corrected chi connectivity index (χ2v) is 10.7. The van der Waals surface area contributed by atoms with Crippen molar-refractivity contribution >= 4 is 27.5 Å². The summed E-state index contributed by atoms with van der Waals surface area (Å²) < 4.78 is 48.0. The molecular weight excluding hydrogens is 521 g/mol. The second kappa shape index (κ2) is 13.7. The van der Waals surface area contributed by atoms with Crippen LogP contribution in [-0.4, -0.2) is 50.9 Å². The number of ether oxygens (including phenoxy) is 1. The van der Waals surface area contributed by atoms with Gasteiger partial charge in [-0.3, -0.25) is 13.9 Å². The van der Waals surface area contributed by atoms with E-state index in [0.29, 0.717) is 24.3 Å². The molecule has 0 saturated heterocycles. The van der Waals surface area contributed by atoms with Gasteiger partial charge in [0.25, 0.3) is 10.0 Å². The summed E-state index contributed by atoms with van der Waals surface area (Å²) in [6.07, 6.45) is 0.710. The minimum atomic E-state index is -4.21. The Labute approximate surface area is 229 Å². The molecule has 3 rings (SSSR count). The number of hydrogen-bond acceptors (Lipinski definition) is 5. The smallest absolute Gasteiger partial charge is 0.264 e. The van der Waals surface area contributed by atoms with E-state index >= 15 is 0 Å². The van der Waals surface area contributed by atoms with Gasteiger partial charge in [-0.25, -0.2) is 12.8 Å². The Morgan fingerprint density at radius 1 is 0.949 bits per heavy atom. The summed E-state index contributed by atoms with van der Waals surface area (Å²) in [6, 6.07) is 19.0. The van der Waals surface area contributed by atoms with E-state index in [9.17, 15) is 22.4 Å². The average Bonchev–Trinajstić information content (AvgIpc) is 2.94. The van der Waals surface area contributed by atoms with E-state index in [-0.39, 0.29) is 29.6 Å². The lowest BCUT2D eigenvalue weighted by atomic mass is 10.1. The van der Waals surface area contributed by atoms with Crippen LogP contribution in [0.4, 0.5) is 10.1 Å². The summed E-state index contributed by atoms with van der Waals surface area (Å²) in [5.74, 6) is -1.12. The number of amides is 2. The summed E-state index contributed by atoms with van der Waals surface area (Å²) in [4.78, 5) is 28.1. The van der Waals surface area contributed by atoms with E-state index in [1.807, 2.05) is 6.92 Å². The summed E-state index contributed by atoms with van der Waals surface area (Å²) in [5.41, 5.74) is 0.786. The van der Waals surface area contributed by atoms with Gasteiger partial charge in [-0.2, -0.15) is 0 Å². The molecule has 0 saturated carbocycles. The highest BCUT2D eigenvalue weighted by atomic mass is 32.2. The van der Waals surface area contributed by atoms with Crippen LogP contribution in [0.3, 0.4) is 0 Å². The molecule has 0 heterocycles. The Hall–Kier alpha value is -3.92. The third-order valence-electron chi connectivity index (χ3n) is 6.03. The van der Waals surface area contributed by atoms with Gasteiger partial charge in [0.2, 0.25) is 11.8 Å². The molecule has 39 heavy (non-hydrogen) atoms. The molecule has 1 N–H and O–H groups in total. The Bertz CT molecular complexity index is 1350. The van der Waals surface area contributed by atoms with E-state index in [1.165, 1.54) is 41.3 Å². The third-order valence-corrected chi connectivity index (χ3v) is 7.80. The van der Waals surface area contributed by atoms with Crippen LogP contribution in [0.1, 0.15) is 32.8 Å². The maximum Gasteiger partial charge on any atom is 0.264 e. The molecule has 3 aromatic carbocycles. The normalized spacial score (nSPS) is 11.9. The summed E-state index contributed by atoms with van der Waals surface area (Å²) in [6.45, 7) is 5.37. The first-order valence-corrected chi connectivity index (χ1v) is 14.2. The van der Waals surface area contributed by atoms with E-state index in [2.05, 4.69) is 5.32 Å². The van der Waals surface area contributed by atoms with Gasteiger partial charge in [-0.05, 0) is 62.2 Å². The molecule has 0 fully saturated rings. The van der Waals surface area contributed by atoms with Crippen LogP contribution in [0, 0.1) is 5.82 Å². The zero-order valence-corrected chi connectivity index (χ0v) is 23.2. The van der Waals surface area contributed by atoms with Crippen molar-refractivity contribution in [2.45, 2.75) is 44.7 Å². The highest BCUT2D eigenvalue weighted by Gasteiger charge is 2.33. The van der Waals surface area contributed by atoms with Crippen molar-refractivity contribution in [3.8, 4) is 5.75 Å². The fraction of sp³-hybridized carbons (Fsp3) is 0.310. The number of carbonyl (C=O) groups is 2. The van der Waals surface area contributed by atoms with E-state index in [0.717, 1.165) is 4.31 Å². The lowest BCUT2D eigenvalue weighted by Crippen LogP contribution is -2.51. The predicted molar refractivity (Wildman–Crippen MR) is 148 cm³/mol. The predicted octanol–water partition coefficient (Wildman–Crippen LogP) is 4.36. The van der Waals surface area contributed by atoms with E-state index in [4.69, 9.17) is 4.74 Å². The Kier molecular flexibility index (Phi) is 10.4. The number of anilines is 1. The van der Waals surface area contributed by atoms with E-state index < -0.39 is 34.3 Å². The summed E-state index contributed by atoms with van der Waals surface area (Å²) >= 11 is 0. The van der Waals surface area contributed by atoms with Crippen LogP contribution in [0.25, 0.3) is 0 Å². The molecule has 8 nitrogen and oxygen atoms in total. The van der Waals surface area contributed by atoms with Gasteiger partial charge in [0, 0.05) is 13.1 Å². The fourth-order valence-electron chi connectivity index (χ4n) is 3.94. The molecular formula is C29H34FN3O5S. The lowest BCUT2D eigenvalue weighted by Gasteiger charge is -2.32. The lowest BCUT2D eigenvalue weighted by molar-refractivity contribution is -0.139. The molecule has 1 atom stereocenters. The van der Waals surface area contributed by atoms with Crippen molar-refractivity contribution in [2.75, 3.05) is 24.0 Å². The molecule has 0 aromatic heterocycles. The molecule has 0 unspecified atom stereocenters. The van der Waals surface area contributed by atoms with Gasteiger partial charge in [-0.1, -0.05) is 49.4 Å². The number of rotatable bonds is 13. The van der Waals surface area contributed by atoms with Crippen molar-refractivity contribution in [3.63, 3.8) is 0 Å². The summed E-state index contributed by atoms with van der Waals surface area (Å²) in [7, 11) is -4.21. The molecule has 10 heteroatoms. The summed E-state index contributed by atoms with van der Waals surface area (Å²) in [5, 5.41) is 2.78. The first-order chi connectivity index (χ1) is 18.7. The molecule has 0 aliphatic carbocycles. The number of sulfonamides is 1. The maximum absolute atomic E-state index is 13.9. The van der Waals surface area contributed by atoms with Crippen LogP contribution in [0.15, 0.2) is 83.8 Å². The van der Waals surface area contributed by atoms with Gasteiger partial charge >= 0.3 is 0 Å². The van der Waals surface area contributed by atoms with Gasteiger partial charge in [-0.15, -0.1) is 0 Å². The Morgan fingerprint density at radius 2 is 1.59 bits per heavy atom. The van der Waals surface area contributed by atoms with Crippen LogP contribution >= 0.6 is 0 Å². The first-order valence-electron chi connectivity index (χ1n) is 12.8. The van der Waals surface area contributed by atoms with Crippen molar-refractivity contribution < 1.29 is 27.1 Å². The topological polar surface area (TPSA) is 96.0 Å². The van der Waals surface area contributed by atoms with Crippen molar-refractivity contribution in [3.05, 3.63) is 90.2 Å². The number of hydrogen-bond donors (Lipinski definition) is 1. The van der Waals surface area contributed by atoms with Crippen molar-refractivity contribution in [2.24, 2.45) is 0 Å². The van der Waals surface area contributed by atoms with E-state index in [1.54, 1.807) is 56.3 Å². The molecule has 0 spiro atoms. The molecule has 0 aliphatic rings. The number of nitrogens with one attached hydrogen (secondary N) is 1. The standard InChI is InChI=1S/C29H34FN3O5S/c1-4-19-31-29(35)22(3)32(20-23-15-17-24(30)18-16-23)28(34)21-33(26-13-9-10-14-27(26)38-5-2)39(36,37)25-11-7-6-8-12-25/h6-18,22H,4-5,19-21H2,1-3H3,(H,31,35)/t22-/m0/s1. The monoisotopic (exact) mass is 555 g/mol. The maximum atomic E-state index is 13.9. The molecule has 208 valence electrons. The minimum absolute atomic E-state index is 0.00271.